The second-order valence-electron chi connectivity index (χ2n) is 7.75. The Balaban J connectivity index is 1.58. The molecular formula is C22H29N7O4. The van der Waals surface area contributed by atoms with Crippen LogP contribution >= 0.6 is 0 Å². The van der Waals surface area contributed by atoms with E-state index in [0.29, 0.717) is 37.4 Å². The summed E-state index contributed by atoms with van der Waals surface area (Å²) in [5, 5.41) is 17.6. The maximum atomic E-state index is 11.6. The lowest BCUT2D eigenvalue weighted by molar-refractivity contribution is -0.151. The molecule has 2 aromatic heterocycles. The number of nitrogens with one attached hydrogen (secondary N) is 2. The number of nitriles is 1. The number of carbonyl (C=O) groups excluding carboxylic acids is 1. The van der Waals surface area contributed by atoms with Crippen molar-refractivity contribution >= 4 is 23.5 Å². The fourth-order valence-corrected chi connectivity index (χ4v) is 3.13. The quantitative estimate of drug-likeness (QED) is 0.537. The Morgan fingerprint density at radius 3 is 2.70 bits per heavy atom. The lowest BCUT2D eigenvalue weighted by atomic mass is 10.1. The molecule has 1 aliphatic rings. The van der Waals surface area contributed by atoms with Gasteiger partial charge in [-0.05, 0) is 32.4 Å². The number of hydrogen-bond donors (Lipinski definition) is 2. The van der Waals surface area contributed by atoms with Gasteiger partial charge in [0.25, 0.3) is 0 Å². The van der Waals surface area contributed by atoms with Crippen molar-refractivity contribution in [1.82, 2.24) is 20.0 Å². The highest BCUT2D eigenvalue weighted by molar-refractivity contribution is 5.65. The molecule has 33 heavy (non-hydrogen) atoms. The van der Waals surface area contributed by atoms with Crippen LogP contribution in [0.5, 0.6) is 5.88 Å². The maximum Gasteiger partial charge on any atom is 0.528 e. The van der Waals surface area contributed by atoms with Crippen LogP contribution in [0.1, 0.15) is 45.6 Å². The predicted molar refractivity (Wildman–Crippen MR) is 121 cm³/mol. The summed E-state index contributed by atoms with van der Waals surface area (Å²) in [5.74, 6) is 1.33. The number of pyridine rings is 1. The summed E-state index contributed by atoms with van der Waals surface area (Å²) in [4.78, 5) is 29.5. The van der Waals surface area contributed by atoms with Crippen molar-refractivity contribution < 1.29 is 19.1 Å². The molecule has 0 unspecified atom stereocenters. The van der Waals surface area contributed by atoms with Crippen LogP contribution in [-0.4, -0.2) is 58.0 Å². The van der Waals surface area contributed by atoms with Crippen LogP contribution in [0.4, 0.5) is 22.1 Å². The van der Waals surface area contributed by atoms with Crippen LogP contribution in [0.2, 0.25) is 0 Å². The van der Waals surface area contributed by atoms with Gasteiger partial charge in [-0.25, -0.2) is 19.7 Å². The van der Waals surface area contributed by atoms with Gasteiger partial charge >= 0.3 is 6.16 Å². The van der Waals surface area contributed by atoms with Gasteiger partial charge in [0.1, 0.15) is 24.3 Å². The topological polar surface area (TPSA) is 135 Å². The Morgan fingerprint density at radius 1 is 1.27 bits per heavy atom. The molecule has 0 saturated carbocycles. The lowest BCUT2D eigenvalue weighted by Gasteiger charge is -2.30. The van der Waals surface area contributed by atoms with Crippen molar-refractivity contribution in [2.24, 2.45) is 0 Å². The van der Waals surface area contributed by atoms with E-state index in [1.165, 1.54) is 6.33 Å². The third kappa shape index (κ3) is 7.18. The predicted octanol–water partition coefficient (Wildman–Crippen LogP) is 3.63. The van der Waals surface area contributed by atoms with E-state index in [1.54, 1.807) is 25.1 Å². The van der Waals surface area contributed by atoms with E-state index in [2.05, 4.69) is 38.6 Å². The first-order valence-corrected chi connectivity index (χ1v) is 11.0. The number of ether oxygens (including phenoxy) is 2. The first-order chi connectivity index (χ1) is 16.0. The summed E-state index contributed by atoms with van der Waals surface area (Å²) >= 11 is 0. The molecule has 11 heteroatoms. The number of anilines is 3. The van der Waals surface area contributed by atoms with Gasteiger partial charge in [0.05, 0.1) is 18.0 Å². The minimum absolute atomic E-state index is 0.175. The van der Waals surface area contributed by atoms with E-state index in [1.807, 2.05) is 12.1 Å². The normalized spacial score (nSPS) is 14.4. The molecule has 2 aromatic rings. The van der Waals surface area contributed by atoms with Crippen LogP contribution in [0.15, 0.2) is 24.7 Å². The van der Waals surface area contributed by atoms with Gasteiger partial charge in [-0.15, -0.1) is 5.06 Å². The van der Waals surface area contributed by atoms with Crippen molar-refractivity contribution in [3.8, 4) is 11.9 Å². The maximum absolute atomic E-state index is 11.6. The Morgan fingerprint density at radius 2 is 2.06 bits per heavy atom. The van der Waals surface area contributed by atoms with Crippen molar-refractivity contribution in [1.29, 1.82) is 5.26 Å². The number of hydrogen-bond acceptors (Lipinski definition) is 11. The molecule has 0 bridgehead atoms. The first kappa shape index (κ1) is 24.0. The minimum atomic E-state index is -0.716. The second kappa shape index (κ2) is 11.8. The molecule has 0 aliphatic carbocycles. The lowest BCUT2D eigenvalue weighted by Crippen LogP contribution is -2.40. The van der Waals surface area contributed by atoms with Gasteiger partial charge in [0.2, 0.25) is 5.88 Å². The Kier molecular flexibility index (Phi) is 8.60. The van der Waals surface area contributed by atoms with Crippen LogP contribution in [0.25, 0.3) is 0 Å². The summed E-state index contributed by atoms with van der Waals surface area (Å²) in [6, 6.07) is 5.84. The van der Waals surface area contributed by atoms with Crippen LogP contribution < -0.4 is 15.4 Å². The highest BCUT2D eigenvalue weighted by atomic mass is 16.8. The number of piperidine rings is 1. The third-order valence-electron chi connectivity index (χ3n) is 4.72. The Labute approximate surface area is 193 Å². The molecular weight excluding hydrogens is 426 g/mol. The fourth-order valence-electron chi connectivity index (χ4n) is 3.13. The van der Waals surface area contributed by atoms with Crippen LogP contribution in [0.3, 0.4) is 0 Å². The minimum Gasteiger partial charge on any atom is -0.473 e. The molecule has 3 rings (SSSR count). The monoisotopic (exact) mass is 455 g/mol. The molecule has 0 radical (unpaired) electrons. The number of rotatable bonds is 9. The van der Waals surface area contributed by atoms with Gasteiger partial charge in [-0.2, -0.15) is 5.26 Å². The summed E-state index contributed by atoms with van der Waals surface area (Å²) in [7, 11) is 0. The smallest absolute Gasteiger partial charge is 0.473 e. The SMILES string of the molecule is CCCNc1ccc(Nc2ncnc(OC3CCN(OC(=O)OC(C)C)CC3)c2C#N)cn1. The molecule has 3 heterocycles. The van der Waals surface area contributed by atoms with Gasteiger partial charge in [-0.3, -0.25) is 0 Å². The zero-order valence-corrected chi connectivity index (χ0v) is 19.1. The standard InChI is InChI=1S/C22H29N7O4/c1-4-9-24-19-6-5-16(13-25-19)28-20-18(12-23)21(27-14-26-20)32-17-7-10-29(11-8-17)33-22(30)31-15(2)3/h5-6,13-15,17H,4,7-11H2,1-3H3,(H,24,25)(H,26,27,28). The second-order valence-corrected chi connectivity index (χ2v) is 7.75. The van der Waals surface area contributed by atoms with Crippen LogP contribution in [-0.2, 0) is 9.57 Å². The van der Waals surface area contributed by atoms with Gasteiger partial charge in [0.15, 0.2) is 11.4 Å². The van der Waals surface area contributed by atoms with E-state index in [4.69, 9.17) is 14.3 Å². The molecule has 1 aliphatic heterocycles. The van der Waals surface area contributed by atoms with Gasteiger partial charge in [-0.1, -0.05) is 6.92 Å². The summed E-state index contributed by atoms with van der Waals surface area (Å²) in [5.41, 5.74) is 0.904. The van der Waals surface area contributed by atoms with Crippen molar-refractivity contribution in [3.05, 3.63) is 30.2 Å². The Hall–Kier alpha value is -3.65. The molecule has 176 valence electrons. The number of aromatic nitrogens is 3. The average Bonchev–Trinajstić information content (AvgIpc) is 2.79. The molecule has 0 amide bonds. The fraction of sp³-hybridized carbons (Fsp3) is 0.500. The van der Waals surface area contributed by atoms with Crippen LogP contribution in [0, 0.1) is 11.3 Å². The molecule has 11 nitrogen and oxygen atoms in total. The van der Waals surface area contributed by atoms with E-state index in [0.717, 1.165) is 18.8 Å². The zero-order valence-electron chi connectivity index (χ0n) is 19.1. The summed E-state index contributed by atoms with van der Waals surface area (Å²) in [6.45, 7) is 7.42. The summed E-state index contributed by atoms with van der Waals surface area (Å²) < 4.78 is 11.0. The highest BCUT2D eigenvalue weighted by Gasteiger charge is 2.26. The molecule has 1 fully saturated rings. The van der Waals surface area contributed by atoms with Crippen molar-refractivity contribution in [2.75, 3.05) is 30.3 Å². The Bertz CT molecular complexity index is 954. The molecule has 2 N–H and O–H groups in total. The van der Waals surface area contributed by atoms with Gasteiger partial charge in [0, 0.05) is 32.5 Å². The van der Waals surface area contributed by atoms with E-state index >= 15 is 0 Å². The third-order valence-corrected chi connectivity index (χ3v) is 4.72. The van der Waals surface area contributed by atoms with E-state index in [-0.39, 0.29) is 23.7 Å². The highest BCUT2D eigenvalue weighted by Crippen LogP contribution is 2.27. The van der Waals surface area contributed by atoms with Gasteiger partial charge < -0.3 is 24.9 Å². The molecule has 0 aromatic carbocycles. The molecule has 0 spiro atoms. The van der Waals surface area contributed by atoms with E-state index in [9.17, 15) is 10.1 Å². The molecule has 0 atom stereocenters. The largest absolute Gasteiger partial charge is 0.528 e. The van der Waals surface area contributed by atoms with Crippen molar-refractivity contribution in [3.63, 3.8) is 0 Å². The number of nitrogens with zero attached hydrogens (tertiary/aromatic N) is 5. The van der Waals surface area contributed by atoms with Crippen molar-refractivity contribution in [2.45, 2.75) is 52.2 Å². The van der Waals surface area contributed by atoms with E-state index < -0.39 is 6.16 Å². The first-order valence-electron chi connectivity index (χ1n) is 11.0. The number of carbonyl (C=O) groups is 1. The molecule has 1 saturated heterocycles. The average molecular weight is 456 g/mol. The summed E-state index contributed by atoms with van der Waals surface area (Å²) in [6.07, 6.45) is 4.09. The zero-order chi connectivity index (χ0) is 23.6. The number of hydroxylamine groups is 2.